The molecule has 0 aliphatic rings. The van der Waals surface area contributed by atoms with Gasteiger partial charge in [0.05, 0.1) is 5.56 Å². The van der Waals surface area contributed by atoms with Crippen molar-refractivity contribution >= 4 is 18.0 Å². The first kappa shape index (κ1) is 20.9. The highest BCUT2D eigenvalue weighted by Gasteiger charge is 2.21. The van der Waals surface area contributed by atoms with Gasteiger partial charge in [0, 0.05) is 19.2 Å². The Labute approximate surface area is 161 Å². The van der Waals surface area contributed by atoms with Crippen LogP contribution < -0.4 is 5.32 Å². The van der Waals surface area contributed by atoms with E-state index >= 15 is 0 Å². The second kappa shape index (κ2) is 9.50. The molecule has 28 heavy (non-hydrogen) atoms. The summed E-state index contributed by atoms with van der Waals surface area (Å²) < 4.78 is 19.0. The number of amides is 2. The fraction of sp³-hybridized carbons (Fsp3) is 0.250. The molecule has 2 aromatic rings. The maximum atomic E-state index is 13.9. The van der Waals surface area contributed by atoms with E-state index in [4.69, 9.17) is 9.84 Å². The summed E-state index contributed by atoms with van der Waals surface area (Å²) in [5.74, 6) is -2.28. The number of likely N-dealkylation sites (N-methyl/N-ethyl adjacent to an activating group) is 1. The first-order valence-corrected chi connectivity index (χ1v) is 8.52. The largest absolute Gasteiger partial charge is 0.478 e. The number of hydrogen-bond donors (Lipinski definition) is 2. The van der Waals surface area contributed by atoms with Crippen LogP contribution >= 0.6 is 0 Å². The second-order valence-corrected chi connectivity index (χ2v) is 6.23. The summed E-state index contributed by atoms with van der Waals surface area (Å²) in [5, 5.41) is 11.4. The third kappa shape index (κ3) is 5.80. The molecular weight excluding hydrogens is 367 g/mol. The van der Waals surface area contributed by atoms with E-state index in [1.165, 1.54) is 24.9 Å². The van der Waals surface area contributed by atoms with Crippen LogP contribution in [0.5, 0.6) is 0 Å². The molecule has 0 aromatic heterocycles. The van der Waals surface area contributed by atoms with Crippen LogP contribution in [0.25, 0.3) is 0 Å². The number of carbonyl (C=O) groups excluding carboxylic acids is 2. The molecule has 0 aliphatic carbocycles. The van der Waals surface area contributed by atoms with Crippen molar-refractivity contribution in [2.75, 3.05) is 7.05 Å². The molecule has 1 atom stereocenters. The number of hydrogen-bond acceptors (Lipinski definition) is 4. The van der Waals surface area contributed by atoms with Crippen LogP contribution in [-0.4, -0.2) is 41.1 Å². The van der Waals surface area contributed by atoms with E-state index in [0.717, 1.165) is 17.7 Å². The fourth-order valence-corrected chi connectivity index (χ4v) is 2.50. The highest BCUT2D eigenvalue weighted by atomic mass is 19.1. The number of ether oxygens (including phenoxy) is 1. The topological polar surface area (TPSA) is 95.9 Å². The molecule has 2 aromatic carbocycles. The summed E-state index contributed by atoms with van der Waals surface area (Å²) in [5.41, 5.74) is 0.796. The molecule has 8 heteroatoms. The highest BCUT2D eigenvalue weighted by molar-refractivity contribution is 5.88. The molecule has 0 saturated carbocycles. The predicted molar refractivity (Wildman–Crippen MR) is 99.1 cm³/mol. The molecule has 148 valence electrons. The summed E-state index contributed by atoms with van der Waals surface area (Å²) >= 11 is 0. The minimum atomic E-state index is -1.19. The Morgan fingerprint density at radius 2 is 1.86 bits per heavy atom. The average Bonchev–Trinajstić information content (AvgIpc) is 2.68. The third-order valence-electron chi connectivity index (χ3n) is 3.99. The Bertz CT molecular complexity index is 857. The first-order chi connectivity index (χ1) is 13.3. The Morgan fingerprint density at radius 1 is 1.18 bits per heavy atom. The quantitative estimate of drug-likeness (QED) is 0.760. The molecule has 0 bridgehead atoms. The minimum absolute atomic E-state index is 0.0644. The zero-order chi connectivity index (χ0) is 20.7. The number of nitrogens with one attached hydrogen (secondary N) is 1. The van der Waals surface area contributed by atoms with Crippen molar-refractivity contribution in [1.29, 1.82) is 0 Å². The lowest BCUT2D eigenvalue weighted by atomic mass is 10.1. The van der Waals surface area contributed by atoms with Crippen molar-refractivity contribution in [3.8, 4) is 0 Å². The van der Waals surface area contributed by atoms with Crippen molar-refractivity contribution in [2.45, 2.75) is 26.1 Å². The van der Waals surface area contributed by atoms with Gasteiger partial charge in [-0.05, 0) is 30.7 Å². The zero-order valence-electron chi connectivity index (χ0n) is 15.5. The summed E-state index contributed by atoms with van der Waals surface area (Å²) in [6.45, 7) is 1.40. The summed E-state index contributed by atoms with van der Waals surface area (Å²) in [6, 6.07) is 11.5. The number of halogens is 1. The monoisotopic (exact) mass is 388 g/mol. The molecule has 2 N–H and O–H groups in total. The molecule has 0 unspecified atom stereocenters. The van der Waals surface area contributed by atoms with Crippen molar-refractivity contribution < 1.29 is 28.6 Å². The molecular formula is C20H21FN2O5. The normalized spacial score (nSPS) is 11.4. The standard InChI is InChI=1S/C20H21FN2O5/c1-13(22-20(27)28-12-14-6-4-3-5-7-14)18(24)23(2)11-16-10-15(19(25)26)8-9-17(16)21/h3-10,13H,11-12H2,1-2H3,(H,22,27)(H,25,26)/t13-/m1/s1. The SMILES string of the molecule is C[C@@H](NC(=O)OCc1ccccc1)C(=O)N(C)Cc1cc(C(=O)O)ccc1F. The zero-order valence-corrected chi connectivity index (χ0v) is 15.5. The smallest absolute Gasteiger partial charge is 0.408 e. The lowest BCUT2D eigenvalue weighted by Gasteiger charge is -2.22. The number of rotatable bonds is 7. The Morgan fingerprint density at radius 3 is 2.50 bits per heavy atom. The average molecular weight is 388 g/mol. The molecule has 0 heterocycles. The van der Waals surface area contributed by atoms with Gasteiger partial charge in [0.1, 0.15) is 18.5 Å². The van der Waals surface area contributed by atoms with Crippen LogP contribution in [0.1, 0.15) is 28.4 Å². The maximum absolute atomic E-state index is 13.9. The van der Waals surface area contributed by atoms with E-state index in [0.29, 0.717) is 0 Å². The molecule has 0 aliphatic heterocycles. The first-order valence-electron chi connectivity index (χ1n) is 8.52. The van der Waals surface area contributed by atoms with Gasteiger partial charge in [-0.3, -0.25) is 4.79 Å². The Kier molecular flexibility index (Phi) is 7.08. The van der Waals surface area contributed by atoms with Gasteiger partial charge in [-0.2, -0.15) is 0 Å². The molecule has 0 saturated heterocycles. The number of carboxylic acid groups (broad SMARTS) is 1. The summed E-state index contributed by atoms with van der Waals surface area (Å²) in [7, 11) is 1.43. The highest BCUT2D eigenvalue weighted by Crippen LogP contribution is 2.13. The molecule has 2 rings (SSSR count). The van der Waals surface area contributed by atoms with E-state index in [-0.39, 0.29) is 24.3 Å². The summed E-state index contributed by atoms with van der Waals surface area (Å²) in [6.07, 6.45) is -0.753. The molecule has 7 nitrogen and oxygen atoms in total. The Hall–Kier alpha value is -3.42. The van der Waals surface area contributed by atoms with Crippen molar-refractivity contribution in [2.24, 2.45) is 0 Å². The van der Waals surface area contributed by atoms with Gasteiger partial charge in [0.15, 0.2) is 0 Å². The summed E-state index contributed by atoms with van der Waals surface area (Å²) in [4.78, 5) is 36.5. The maximum Gasteiger partial charge on any atom is 0.408 e. The molecule has 2 amide bonds. The number of alkyl carbamates (subject to hydrolysis) is 1. The van der Waals surface area contributed by atoms with E-state index in [1.807, 2.05) is 18.2 Å². The van der Waals surface area contributed by atoms with Crippen molar-refractivity contribution in [3.05, 3.63) is 71.0 Å². The van der Waals surface area contributed by atoms with E-state index in [9.17, 15) is 18.8 Å². The fourth-order valence-electron chi connectivity index (χ4n) is 2.50. The minimum Gasteiger partial charge on any atom is -0.478 e. The van der Waals surface area contributed by atoms with E-state index in [2.05, 4.69) is 5.32 Å². The van der Waals surface area contributed by atoms with Gasteiger partial charge in [0.25, 0.3) is 0 Å². The number of benzene rings is 2. The number of nitrogens with zero attached hydrogens (tertiary/aromatic N) is 1. The van der Waals surface area contributed by atoms with Crippen LogP contribution in [-0.2, 0) is 22.7 Å². The van der Waals surface area contributed by atoms with Gasteiger partial charge in [-0.15, -0.1) is 0 Å². The lowest BCUT2D eigenvalue weighted by molar-refractivity contribution is -0.132. The second-order valence-electron chi connectivity index (χ2n) is 6.23. The van der Waals surface area contributed by atoms with Crippen LogP contribution in [0.15, 0.2) is 48.5 Å². The Balaban J connectivity index is 1.90. The van der Waals surface area contributed by atoms with E-state index < -0.39 is 29.8 Å². The number of aromatic carboxylic acids is 1. The van der Waals surface area contributed by atoms with Crippen LogP contribution in [0.4, 0.5) is 9.18 Å². The number of carboxylic acids is 1. The molecule has 0 radical (unpaired) electrons. The van der Waals surface area contributed by atoms with Gasteiger partial charge >= 0.3 is 12.1 Å². The van der Waals surface area contributed by atoms with Gasteiger partial charge in [0.2, 0.25) is 5.91 Å². The van der Waals surface area contributed by atoms with Crippen molar-refractivity contribution in [1.82, 2.24) is 10.2 Å². The van der Waals surface area contributed by atoms with Crippen molar-refractivity contribution in [3.63, 3.8) is 0 Å². The van der Waals surface area contributed by atoms with Gasteiger partial charge < -0.3 is 20.1 Å². The predicted octanol–water partition coefficient (Wildman–Crippen LogP) is 2.80. The van der Waals surface area contributed by atoms with Crippen LogP contribution in [0, 0.1) is 5.82 Å². The van der Waals surface area contributed by atoms with E-state index in [1.54, 1.807) is 12.1 Å². The number of carbonyl (C=O) groups is 3. The van der Waals surface area contributed by atoms with Gasteiger partial charge in [-0.1, -0.05) is 30.3 Å². The third-order valence-corrected chi connectivity index (χ3v) is 3.99. The molecule has 0 fully saturated rings. The van der Waals surface area contributed by atoms with Crippen LogP contribution in [0.2, 0.25) is 0 Å². The van der Waals surface area contributed by atoms with Crippen LogP contribution in [0.3, 0.4) is 0 Å². The molecule has 0 spiro atoms. The van der Waals surface area contributed by atoms with Gasteiger partial charge in [-0.25, -0.2) is 14.0 Å². The lowest BCUT2D eigenvalue weighted by Crippen LogP contribution is -2.45.